The standard InChI is InChI=1S/C24H23NO5/c26-23(18-30-24(27)15-16-28-21-9-5-2-6-10-21)25-20-11-13-22(14-12-20)29-17-19-7-3-1-4-8-19/h1-14H,15-18H2,(H,25,26). The zero-order chi connectivity index (χ0) is 21.0. The molecule has 6 nitrogen and oxygen atoms in total. The van der Waals surface area contributed by atoms with E-state index in [1.807, 2.05) is 48.5 Å². The first-order valence-corrected chi connectivity index (χ1v) is 9.59. The van der Waals surface area contributed by atoms with Gasteiger partial charge in [0.15, 0.2) is 6.61 Å². The molecule has 1 amide bonds. The molecular weight excluding hydrogens is 382 g/mol. The van der Waals surface area contributed by atoms with Gasteiger partial charge < -0.3 is 19.5 Å². The summed E-state index contributed by atoms with van der Waals surface area (Å²) in [5.74, 6) is 0.469. The molecule has 0 aliphatic heterocycles. The molecule has 154 valence electrons. The van der Waals surface area contributed by atoms with Crippen molar-refractivity contribution in [1.29, 1.82) is 0 Å². The summed E-state index contributed by atoms with van der Waals surface area (Å²) in [5, 5.41) is 2.68. The summed E-state index contributed by atoms with van der Waals surface area (Å²) >= 11 is 0. The average Bonchev–Trinajstić information content (AvgIpc) is 2.79. The Balaban J connectivity index is 1.33. The lowest BCUT2D eigenvalue weighted by Crippen LogP contribution is -2.21. The molecule has 1 N–H and O–H groups in total. The summed E-state index contributed by atoms with van der Waals surface area (Å²) in [6.07, 6.45) is 0.0651. The number of esters is 1. The van der Waals surface area contributed by atoms with Gasteiger partial charge in [0.2, 0.25) is 0 Å². The fraction of sp³-hybridized carbons (Fsp3) is 0.167. The third-order valence-electron chi connectivity index (χ3n) is 4.07. The molecule has 0 bridgehead atoms. The van der Waals surface area contributed by atoms with Crippen LogP contribution < -0.4 is 14.8 Å². The molecule has 0 atom stereocenters. The summed E-state index contributed by atoms with van der Waals surface area (Å²) in [4.78, 5) is 23.7. The Morgan fingerprint density at radius 1 is 0.733 bits per heavy atom. The van der Waals surface area contributed by atoms with Gasteiger partial charge in [-0.25, -0.2) is 0 Å². The van der Waals surface area contributed by atoms with E-state index in [-0.39, 0.29) is 19.6 Å². The lowest BCUT2D eigenvalue weighted by atomic mass is 10.2. The van der Waals surface area contributed by atoms with E-state index in [0.29, 0.717) is 23.8 Å². The minimum Gasteiger partial charge on any atom is -0.493 e. The smallest absolute Gasteiger partial charge is 0.309 e. The van der Waals surface area contributed by atoms with E-state index >= 15 is 0 Å². The van der Waals surface area contributed by atoms with Gasteiger partial charge in [-0.3, -0.25) is 9.59 Å². The highest BCUT2D eigenvalue weighted by Crippen LogP contribution is 2.17. The quantitative estimate of drug-likeness (QED) is 0.512. The Hall–Kier alpha value is -3.80. The van der Waals surface area contributed by atoms with E-state index in [1.165, 1.54) is 0 Å². The maximum Gasteiger partial charge on any atom is 0.309 e. The lowest BCUT2D eigenvalue weighted by molar-refractivity contribution is -0.147. The maximum atomic E-state index is 12.0. The minimum absolute atomic E-state index is 0.0651. The number of hydrogen-bond acceptors (Lipinski definition) is 5. The Morgan fingerprint density at radius 2 is 1.37 bits per heavy atom. The van der Waals surface area contributed by atoms with Crippen LogP contribution in [-0.4, -0.2) is 25.1 Å². The second-order valence-corrected chi connectivity index (χ2v) is 6.42. The minimum atomic E-state index is -0.495. The van der Waals surface area contributed by atoms with Gasteiger partial charge in [-0.15, -0.1) is 0 Å². The van der Waals surface area contributed by atoms with Crippen LogP contribution >= 0.6 is 0 Å². The molecule has 3 rings (SSSR count). The number of ether oxygens (including phenoxy) is 3. The number of carbonyl (C=O) groups is 2. The molecule has 3 aromatic carbocycles. The first-order valence-electron chi connectivity index (χ1n) is 9.59. The maximum absolute atomic E-state index is 12.0. The van der Waals surface area contributed by atoms with Crippen molar-refractivity contribution < 1.29 is 23.8 Å². The molecule has 0 saturated carbocycles. The number of rotatable bonds is 10. The Bertz CT molecular complexity index is 927. The number of para-hydroxylation sites is 1. The Kier molecular flexibility index (Phi) is 7.85. The van der Waals surface area contributed by atoms with Gasteiger partial charge in [-0.05, 0) is 42.0 Å². The number of benzene rings is 3. The van der Waals surface area contributed by atoms with E-state index in [4.69, 9.17) is 14.2 Å². The van der Waals surface area contributed by atoms with E-state index in [1.54, 1.807) is 36.4 Å². The van der Waals surface area contributed by atoms with Gasteiger partial charge in [0, 0.05) is 5.69 Å². The van der Waals surface area contributed by atoms with Crippen LogP contribution in [0.3, 0.4) is 0 Å². The monoisotopic (exact) mass is 405 g/mol. The summed E-state index contributed by atoms with van der Waals surface area (Å²) in [7, 11) is 0. The molecule has 0 unspecified atom stereocenters. The predicted octanol–water partition coefficient (Wildman–Crippen LogP) is 4.22. The van der Waals surface area contributed by atoms with Crippen LogP contribution in [0.4, 0.5) is 5.69 Å². The molecular formula is C24H23NO5. The van der Waals surface area contributed by atoms with Gasteiger partial charge in [0.25, 0.3) is 5.91 Å². The van der Waals surface area contributed by atoms with Crippen LogP contribution in [-0.2, 0) is 20.9 Å². The van der Waals surface area contributed by atoms with E-state index in [0.717, 1.165) is 5.56 Å². The summed E-state index contributed by atoms with van der Waals surface area (Å²) in [5.41, 5.74) is 1.67. The molecule has 0 aliphatic carbocycles. The topological polar surface area (TPSA) is 73.9 Å². The van der Waals surface area contributed by atoms with E-state index in [2.05, 4.69) is 5.32 Å². The number of carbonyl (C=O) groups excluding carboxylic acids is 2. The summed E-state index contributed by atoms with van der Waals surface area (Å²) in [6.45, 7) is 0.307. The molecule has 0 fully saturated rings. The fourth-order valence-electron chi connectivity index (χ4n) is 2.56. The van der Waals surface area contributed by atoms with E-state index in [9.17, 15) is 9.59 Å². The van der Waals surface area contributed by atoms with Crippen LogP contribution in [0.2, 0.25) is 0 Å². The van der Waals surface area contributed by atoms with Crippen LogP contribution in [0, 0.1) is 0 Å². The van der Waals surface area contributed by atoms with Crippen LogP contribution in [0.15, 0.2) is 84.9 Å². The summed E-state index contributed by atoms with van der Waals surface area (Å²) < 4.78 is 16.1. The van der Waals surface area contributed by atoms with E-state index < -0.39 is 11.9 Å². The largest absolute Gasteiger partial charge is 0.493 e. The first-order chi connectivity index (χ1) is 14.7. The lowest BCUT2D eigenvalue weighted by Gasteiger charge is -2.09. The molecule has 0 spiro atoms. The van der Waals surface area contributed by atoms with Crippen molar-refractivity contribution in [2.24, 2.45) is 0 Å². The van der Waals surface area contributed by atoms with Crippen molar-refractivity contribution in [2.45, 2.75) is 13.0 Å². The number of hydrogen-bond donors (Lipinski definition) is 1. The van der Waals surface area contributed by atoms with Crippen LogP contribution in [0.5, 0.6) is 11.5 Å². The van der Waals surface area contributed by atoms with Crippen LogP contribution in [0.25, 0.3) is 0 Å². The van der Waals surface area contributed by atoms with Crippen molar-refractivity contribution in [1.82, 2.24) is 0 Å². The normalized spacial score (nSPS) is 10.1. The highest BCUT2D eigenvalue weighted by molar-refractivity contribution is 5.92. The van der Waals surface area contributed by atoms with Gasteiger partial charge in [-0.1, -0.05) is 48.5 Å². The number of anilines is 1. The molecule has 3 aromatic rings. The van der Waals surface area contributed by atoms with Crippen molar-refractivity contribution in [3.63, 3.8) is 0 Å². The number of amides is 1. The van der Waals surface area contributed by atoms with Gasteiger partial charge in [0.05, 0.1) is 13.0 Å². The Morgan fingerprint density at radius 3 is 2.07 bits per heavy atom. The van der Waals surface area contributed by atoms with Crippen molar-refractivity contribution >= 4 is 17.6 Å². The SMILES string of the molecule is O=C(COC(=O)CCOc1ccccc1)Nc1ccc(OCc2ccccc2)cc1. The predicted molar refractivity (Wildman–Crippen MR) is 113 cm³/mol. The first kappa shape index (κ1) is 20.9. The Labute approximate surface area is 175 Å². The summed E-state index contributed by atoms with van der Waals surface area (Å²) in [6, 6.07) is 26.0. The zero-order valence-corrected chi connectivity index (χ0v) is 16.5. The molecule has 0 aliphatic rings. The molecule has 0 heterocycles. The van der Waals surface area contributed by atoms with Gasteiger partial charge in [-0.2, -0.15) is 0 Å². The average molecular weight is 405 g/mol. The van der Waals surface area contributed by atoms with Crippen molar-refractivity contribution in [3.05, 3.63) is 90.5 Å². The number of nitrogens with one attached hydrogen (secondary N) is 1. The highest BCUT2D eigenvalue weighted by atomic mass is 16.5. The van der Waals surface area contributed by atoms with Crippen molar-refractivity contribution in [2.75, 3.05) is 18.5 Å². The van der Waals surface area contributed by atoms with Crippen molar-refractivity contribution in [3.8, 4) is 11.5 Å². The molecule has 0 aromatic heterocycles. The zero-order valence-electron chi connectivity index (χ0n) is 16.5. The molecule has 6 heteroatoms. The third-order valence-corrected chi connectivity index (χ3v) is 4.07. The third kappa shape index (κ3) is 7.31. The van der Waals surface area contributed by atoms with Gasteiger partial charge in [0.1, 0.15) is 18.1 Å². The van der Waals surface area contributed by atoms with Crippen LogP contribution in [0.1, 0.15) is 12.0 Å². The fourth-order valence-corrected chi connectivity index (χ4v) is 2.56. The van der Waals surface area contributed by atoms with Gasteiger partial charge >= 0.3 is 5.97 Å². The second kappa shape index (κ2) is 11.3. The second-order valence-electron chi connectivity index (χ2n) is 6.42. The molecule has 0 radical (unpaired) electrons. The highest BCUT2D eigenvalue weighted by Gasteiger charge is 2.08. The molecule has 30 heavy (non-hydrogen) atoms. The molecule has 0 saturated heterocycles.